The molecule has 0 aliphatic carbocycles. The Bertz CT molecular complexity index is 432. The third-order valence-electron chi connectivity index (χ3n) is 2.81. The van der Waals surface area contributed by atoms with Crippen LogP contribution in [-0.4, -0.2) is 30.0 Å². The molecule has 5 heteroatoms. The number of hydrogen-bond acceptors (Lipinski definition) is 3. The highest BCUT2D eigenvalue weighted by Crippen LogP contribution is 2.05. The summed E-state index contributed by atoms with van der Waals surface area (Å²) >= 11 is 0. The third-order valence-corrected chi connectivity index (χ3v) is 2.81. The predicted octanol–water partition coefficient (Wildman–Crippen LogP) is 0.603. The second-order valence-electron chi connectivity index (χ2n) is 4.83. The van der Waals surface area contributed by atoms with E-state index in [0.717, 1.165) is 5.56 Å². The molecule has 0 spiro atoms. The second-order valence-corrected chi connectivity index (χ2v) is 4.83. The lowest BCUT2D eigenvalue weighted by atomic mass is 10.1. The molecular weight excluding hydrogens is 244 g/mol. The molecular formula is C14H19N2O3-. The highest BCUT2D eigenvalue weighted by atomic mass is 16.4. The third kappa shape index (κ3) is 4.62. The molecule has 0 radical (unpaired) electrons. The quantitative estimate of drug-likeness (QED) is 0.845. The van der Waals surface area contributed by atoms with Gasteiger partial charge in [-0.1, -0.05) is 44.2 Å². The fourth-order valence-corrected chi connectivity index (χ4v) is 1.67. The molecule has 5 nitrogen and oxygen atoms in total. The average molecular weight is 263 g/mol. The van der Waals surface area contributed by atoms with Gasteiger partial charge in [-0.3, -0.25) is 0 Å². The number of carboxylic acid groups (broad SMARTS) is 1. The summed E-state index contributed by atoms with van der Waals surface area (Å²) in [6.07, 6.45) is 0. The van der Waals surface area contributed by atoms with Crippen molar-refractivity contribution >= 4 is 12.0 Å². The monoisotopic (exact) mass is 263 g/mol. The van der Waals surface area contributed by atoms with Crippen molar-refractivity contribution in [2.24, 2.45) is 5.92 Å². The molecule has 104 valence electrons. The van der Waals surface area contributed by atoms with Crippen molar-refractivity contribution in [3.05, 3.63) is 35.9 Å². The molecule has 1 rings (SSSR count). The molecule has 1 N–H and O–H groups in total. The van der Waals surface area contributed by atoms with Crippen LogP contribution in [0.1, 0.15) is 19.4 Å². The van der Waals surface area contributed by atoms with Gasteiger partial charge in [0.05, 0.1) is 12.0 Å². The number of urea groups is 1. The van der Waals surface area contributed by atoms with Crippen LogP contribution in [0.15, 0.2) is 30.3 Å². The molecule has 19 heavy (non-hydrogen) atoms. The van der Waals surface area contributed by atoms with Gasteiger partial charge in [0.15, 0.2) is 0 Å². The van der Waals surface area contributed by atoms with Gasteiger partial charge in [0, 0.05) is 13.6 Å². The first-order chi connectivity index (χ1) is 8.91. The van der Waals surface area contributed by atoms with Crippen molar-refractivity contribution in [2.45, 2.75) is 26.4 Å². The SMILES string of the molecule is CC(C)[C@H](NC(=O)N(C)Cc1ccccc1)C(=O)[O-]. The van der Waals surface area contributed by atoms with Crippen LogP contribution in [0.3, 0.4) is 0 Å². The fraction of sp³-hybridized carbons (Fsp3) is 0.429. The van der Waals surface area contributed by atoms with Crippen LogP contribution in [0.4, 0.5) is 4.79 Å². The maximum Gasteiger partial charge on any atom is 0.317 e. The van der Waals surface area contributed by atoms with Gasteiger partial charge in [-0.15, -0.1) is 0 Å². The molecule has 0 unspecified atom stereocenters. The Balaban J connectivity index is 2.60. The van der Waals surface area contributed by atoms with Crippen LogP contribution in [0.2, 0.25) is 0 Å². The van der Waals surface area contributed by atoms with Crippen molar-refractivity contribution in [3.63, 3.8) is 0 Å². The summed E-state index contributed by atoms with van der Waals surface area (Å²) in [7, 11) is 1.62. The Morgan fingerprint density at radius 2 is 1.84 bits per heavy atom. The van der Waals surface area contributed by atoms with Gasteiger partial charge in [-0.05, 0) is 11.5 Å². The first kappa shape index (κ1) is 15.0. The van der Waals surface area contributed by atoms with Gasteiger partial charge in [0.2, 0.25) is 0 Å². The average Bonchev–Trinajstić information content (AvgIpc) is 2.35. The van der Waals surface area contributed by atoms with Crippen LogP contribution in [0.25, 0.3) is 0 Å². The molecule has 0 saturated carbocycles. The van der Waals surface area contributed by atoms with E-state index in [9.17, 15) is 14.7 Å². The van der Waals surface area contributed by atoms with Crippen LogP contribution < -0.4 is 10.4 Å². The number of nitrogens with zero attached hydrogens (tertiary/aromatic N) is 1. The van der Waals surface area contributed by atoms with Gasteiger partial charge in [-0.25, -0.2) is 4.79 Å². The number of amides is 2. The lowest BCUT2D eigenvalue weighted by Gasteiger charge is -2.26. The predicted molar refractivity (Wildman–Crippen MR) is 70.1 cm³/mol. The minimum Gasteiger partial charge on any atom is -0.548 e. The zero-order valence-electron chi connectivity index (χ0n) is 11.4. The van der Waals surface area contributed by atoms with Gasteiger partial charge in [-0.2, -0.15) is 0 Å². The zero-order chi connectivity index (χ0) is 14.4. The second kappa shape index (κ2) is 6.78. The number of carbonyl (C=O) groups is 2. The standard InChI is InChI=1S/C14H20N2O3/c1-10(2)12(13(17)18)15-14(19)16(3)9-11-7-5-4-6-8-11/h4-8,10,12H,9H2,1-3H3,(H,15,19)(H,17,18)/p-1/t12-/m0/s1. The van der Waals surface area contributed by atoms with Gasteiger partial charge >= 0.3 is 6.03 Å². The summed E-state index contributed by atoms with van der Waals surface area (Å²) in [6.45, 7) is 3.86. The number of carbonyl (C=O) groups excluding carboxylic acids is 2. The zero-order valence-corrected chi connectivity index (χ0v) is 11.4. The van der Waals surface area contributed by atoms with Crippen LogP contribution in [0, 0.1) is 5.92 Å². The van der Waals surface area contributed by atoms with E-state index in [2.05, 4.69) is 5.32 Å². The van der Waals surface area contributed by atoms with Crippen molar-refractivity contribution in [1.29, 1.82) is 0 Å². The maximum absolute atomic E-state index is 11.9. The molecule has 1 aromatic carbocycles. The first-order valence-corrected chi connectivity index (χ1v) is 6.18. The molecule has 1 aromatic rings. The largest absolute Gasteiger partial charge is 0.548 e. The fourth-order valence-electron chi connectivity index (χ4n) is 1.67. The van der Waals surface area contributed by atoms with E-state index < -0.39 is 18.0 Å². The molecule has 0 aliphatic rings. The molecule has 2 amide bonds. The van der Waals surface area contributed by atoms with Crippen molar-refractivity contribution in [3.8, 4) is 0 Å². The Morgan fingerprint density at radius 3 is 2.32 bits per heavy atom. The number of nitrogens with one attached hydrogen (secondary N) is 1. The minimum absolute atomic E-state index is 0.223. The molecule has 1 atom stereocenters. The van der Waals surface area contributed by atoms with Crippen LogP contribution >= 0.6 is 0 Å². The summed E-state index contributed by atoms with van der Waals surface area (Å²) in [5.74, 6) is -1.49. The first-order valence-electron chi connectivity index (χ1n) is 6.18. The Kier molecular flexibility index (Phi) is 5.36. The lowest BCUT2D eigenvalue weighted by molar-refractivity contribution is -0.309. The summed E-state index contributed by atoms with van der Waals surface area (Å²) in [5, 5.41) is 13.4. The molecule has 0 heterocycles. The summed E-state index contributed by atoms with van der Waals surface area (Å²) in [6, 6.07) is 8.08. The highest BCUT2D eigenvalue weighted by Gasteiger charge is 2.19. The van der Waals surface area contributed by atoms with E-state index in [0.29, 0.717) is 6.54 Å². The van der Waals surface area contributed by atoms with Crippen LogP contribution in [-0.2, 0) is 11.3 Å². The summed E-state index contributed by atoms with van der Waals surface area (Å²) in [5.41, 5.74) is 0.981. The smallest absolute Gasteiger partial charge is 0.317 e. The van der Waals surface area contributed by atoms with E-state index in [1.807, 2.05) is 30.3 Å². The van der Waals surface area contributed by atoms with Gasteiger partial charge < -0.3 is 20.1 Å². The van der Waals surface area contributed by atoms with E-state index in [1.54, 1.807) is 20.9 Å². The van der Waals surface area contributed by atoms with Crippen molar-refractivity contribution in [2.75, 3.05) is 7.05 Å². The van der Waals surface area contributed by atoms with E-state index in [-0.39, 0.29) is 5.92 Å². The van der Waals surface area contributed by atoms with Crippen molar-refractivity contribution < 1.29 is 14.7 Å². The summed E-state index contributed by atoms with van der Waals surface area (Å²) < 4.78 is 0. The number of hydrogen-bond donors (Lipinski definition) is 1. The Labute approximate surface area is 113 Å². The Morgan fingerprint density at radius 1 is 1.26 bits per heavy atom. The molecule has 0 aromatic heterocycles. The minimum atomic E-state index is -1.27. The molecule has 0 saturated heterocycles. The Hall–Kier alpha value is -2.04. The number of rotatable bonds is 5. The maximum atomic E-state index is 11.9. The van der Waals surface area contributed by atoms with E-state index in [1.165, 1.54) is 4.90 Å². The number of aliphatic carboxylic acids is 1. The number of benzene rings is 1. The lowest BCUT2D eigenvalue weighted by Crippen LogP contribution is -2.53. The molecule has 0 fully saturated rings. The molecule has 0 bridgehead atoms. The molecule has 0 aliphatic heterocycles. The van der Waals surface area contributed by atoms with E-state index >= 15 is 0 Å². The normalized spacial score (nSPS) is 12.0. The van der Waals surface area contributed by atoms with Gasteiger partial charge in [0.25, 0.3) is 0 Å². The number of carboxylic acids is 1. The van der Waals surface area contributed by atoms with Crippen LogP contribution in [0.5, 0.6) is 0 Å². The van der Waals surface area contributed by atoms with Crippen molar-refractivity contribution in [1.82, 2.24) is 10.2 Å². The highest BCUT2D eigenvalue weighted by molar-refractivity contribution is 5.81. The van der Waals surface area contributed by atoms with E-state index in [4.69, 9.17) is 0 Å². The summed E-state index contributed by atoms with van der Waals surface area (Å²) in [4.78, 5) is 24.2. The van der Waals surface area contributed by atoms with Gasteiger partial charge in [0.1, 0.15) is 0 Å². The topological polar surface area (TPSA) is 72.5 Å².